The number of hydrogen-bond acceptors (Lipinski definition) is 4. The Morgan fingerprint density at radius 3 is 2.83 bits per heavy atom. The molecule has 1 amide bonds. The molecule has 1 aromatic carbocycles. The van der Waals surface area contributed by atoms with Gasteiger partial charge in [-0.05, 0) is 44.0 Å². The van der Waals surface area contributed by atoms with Gasteiger partial charge in [-0.25, -0.2) is 4.98 Å². The van der Waals surface area contributed by atoms with Crippen LogP contribution in [0.4, 0.5) is 5.69 Å². The van der Waals surface area contributed by atoms with E-state index in [1.807, 2.05) is 29.7 Å². The highest BCUT2D eigenvalue weighted by atomic mass is 32.1. The Morgan fingerprint density at radius 2 is 2.09 bits per heavy atom. The van der Waals surface area contributed by atoms with Crippen molar-refractivity contribution < 1.29 is 9.59 Å². The third-order valence-corrected chi connectivity index (χ3v) is 5.03. The van der Waals surface area contributed by atoms with Crippen LogP contribution in [-0.2, 0) is 6.42 Å². The Hall–Kier alpha value is -2.47. The van der Waals surface area contributed by atoms with Crippen LogP contribution < -0.4 is 4.90 Å². The average molecular weight is 325 g/mol. The van der Waals surface area contributed by atoms with E-state index in [1.54, 1.807) is 35.4 Å². The summed E-state index contributed by atoms with van der Waals surface area (Å²) in [5.74, 6) is -0.0461. The van der Waals surface area contributed by atoms with Gasteiger partial charge in [0.05, 0.1) is 0 Å². The molecule has 0 bridgehead atoms. The van der Waals surface area contributed by atoms with Gasteiger partial charge in [0.15, 0.2) is 10.7 Å². The van der Waals surface area contributed by atoms with E-state index in [4.69, 9.17) is 0 Å². The first-order chi connectivity index (χ1) is 11.0. The van der Waals surface area contributed by atoms with Gasteiger partial charge in [-0.3, -0.25) is 14.0 Å². The second kappa shape index (κ2) is 5.03. The first kappa shape index (κ1) is 14.1. The Balaban J connectivity index is 1.68. The van der Waals surface area contributed by atoms with Gasteiger partial charge in [0.2, 0.25) is 0 Å². The van der Waals surface area contributed by atoms with Gasteiger partial charge in [0, 0.05) is 35.1 Å². The zero-order chi connectivity index (χ0) is 16.1. The lowest BCUT2D eigenvalue weighted by Crippen LogP contribution is -2.29. The number of amides is 1. The maximum atomic E-state index is 12.8. The highest BCUT2D eigenvalue weighted by Crippen LogP contribution is 2.30. The number of imidazole rings is 1. The normalized spacial score (nSPS) is 13.6. The van der Waals surface area contributed by atoms with Crippen LogP contribution in [-0.4, -0.2) is 27.6 Å². The first-order valence-corrected chi connectivity index (χ1v) is 8.25. The molecule has 0 unspecified atom stereocenters. The van der Waals surface area contributed by atoms with E-state index in [0.29, 0.717) is 17.8 Å². The standard InChI is InChI=1S/C17H15N3O2S/c1-10-8-19-9-14(18-17(19)23-10)16(22)20-6-5-13-7-12(11(2)21)3-4-15(13)20/h3-4,7-9H,5-6H2,1-2H3. The van der Waals surface area contributed by atoms with Crippen molar-refractivity contribution in [2.24, 2.45) is 0 Å². The monoisotopic (exact) mass is 325 g/mol. The summed E-state index contributed by atoms with van der Waals surface area (Å²) < 4.78 is 1.89. The molecule has 0 saturated carbocycles. The highest BCUT2D eigenvalue weighted by Gasteiger charge is 2.27. The number of thiazole rings is 1. The van der Waals surface area contributed by atoms with E-state index in [9.17, 15) is 9.59 Å². The Labute approximate surface area is 137 Å². The number of carbonyl (C=O) groups excluding carboxylic acids is 2. The van der Waals surface area contributed by atoms with Crippen LogP contribution in [0.25, 0.3) is 4.96 Å². The minimum atomic E-state index is -0.0899. The fourth-order valence-electron chi connectivity index (χ4n) is 2.98. The second-order valence-corrected chi connectivity index (χ2v) is 6.98. The second-order valence-electron chi connectivity index (χ2n) is 5.76. The Bertz CT molecular complexity index is 923. The number of nitrogens with zero attached hydrogens (tertiary/aromatic N) is 3. The molecule has 23 heavy (non-hydrogen) atoms. The SMILES string of the molecule is CC(=O)c1ccc2c(c1)CCN2C(=O)c1cn2cc(C)sc2n1. The van der Waals surface area contributed by atoms with Crippen molar-refractivity contribution in [2.45, 2.75) is 20.3 Å². The molecular weight excluding hydrogens is 310 g/mol. The van der Waals surface area contributed by atoms with Gasteiger partial charge in [-0.2, -0.15) is 0 Å². The largest absolute Gasteiger partial charge is 0.306 e. The number of Topliss-reactive ketones (excluding diaryl/α,β-unsaturated/α-hetero) is 1. The van der Waals surface area contributed by atoms with Gasteiger partial charge in [-0.1, -0.05) is 0 Å². The summed E-state index contributed by atoms with van der Waals surface area (Å²) in [5.41, 5.74) is 3.08. The van der Waals surface area contributed by atoms with E-state index in [0.717, 1.165) is 27.5 Å². The summed E-state index contributed by atoms with van der Waals surface area (Å²) in [6.07, 6.45) is 4.52. The van der Waals surface area contributed by atoms with Gasteiger partial charge in [0.1, 0.15) is 5.69 Å². The third kappa shape index (κ3) is 2.26. The molecule has 0 radical (unpaired) electrons. The molecule has 3 heterocycles. The van der Waals surface area contributed by atoms with Crippen LogP contribution in [0, 0.1) is 6.92 Å². The molecule has 116 valence electrons. The molecular formula is C17H15N3O2S. The minimum absolute atomic E-state index is 0.0438. The number of aromatic nitrogens is 2. The quantitative estimate of drug-likeness (QED) is 0.680. The molecule has 0 aliphatic carbocycles. The van der Waals surface area contributed by atoms with E-state index in [-0.39, 0.29) is 11.7 Å². The molecule has 4 rings (SSSR count). The minimum Gasteiger partial charge on any atom is -0.306 e. The number of hydrogen-bond donors (Lipinski definition) is 0. The number of aryl methyl sites for hydroxylation is 1. The van der Waals surface area contributed by atoms with Gasteiger partial charge in [-0.15, -0.1) is 11.3 Å². The van der Waals surface area contributed by atoms with Crippen molar-refractivity contribution in [3.63, 3.8) is 0 Å². The van der Waals surface area contributed by atoms with E-state index in [2.05, 4.69) is 4.98 Å². The molecule has 0 fully saturated rings. The molecule has 5 nitrogen and oxygen atoms in total. The molecule has 3 aromatic rings. The van der Waals surface area contributed by atoms with E-state index in [1.165, 1.54) is 0 Å². The van der Waals surface area contributed by atoms with Crippen LogP contribution in [0.1, 0.15) is 38.2 Å². The predicted octanol–water partition coefficient (Wildman–Crippen LogP) is 3.11. The van der Waals surface area contributed by atoms with Gasteiger partial charge < -0.3 is 4.90 Å². The van der Waals surface area contributed by atoms with Crippen molar-refractivity contribution in [3.05, 3.63) is 52.3 Å². The van der Waals surface area contributed by atoms with Crippen LogP contribution in [0.3, 0.4) is 0 Å². The lowest BCUT2D eigenvalue weighted by molar-refractivity contribution is 0.0983. The lowest BCUT2D eigenvalue weighted by atomic mass is 10.1. The van der Waals surface area contributed by atoms with Crippen molar-refractivity contribution >= 4 is 33.7 Å². The molecule has 0 saturated heterocycles. The zero-order valence-electron chi connectivity index (χ0n) is 12.9. The van der Waals surface area contributed by atoms with Crippen molar-refractivity contribution in [1.29, 1.82) is 0 Å². The molecule has 6 heteroatoms. The molecule has 2 aromatic heterocycles. The fourth-order valence-corrected chi connectivity index (χ4v) is 3.79. The summed E-state index contributed by atoms with van der Waals surface area (Å²) in [7, 11) is 0. The molecule has 0 atom stereocenters. The predicted molar refractivity (Wildman–Crippen MR) is 89.6 cm³/mol. The Morgan fingerprint density at radius 1 is 1.26 bits per heavy atom. The summed E-state index contributed by atoms with van der Waals surface area (Å²) in [4.78, 5) is 32.4. The maximum absolute atomic E-state index is 12.8. The smallest absolute Gasteiger partial charge is 0.278 e. The topological polar surface area (TPSA) is 54.7 Å². The number of carbonyl (C=O) groups is 2. The van der Waals surface area contributed by atoms with Crippen molar-refractivity contribution in [2.75, 3.05) is 11.4 Å². The van der Waals surface area contributed by atoms with Crippen LogP contribution in [0.2, 0.25) is 0 Å². The number of ketones is 1. The third-order valence-electron chi connectivity index (χ3n) is 4.12. The summed E-state index contributed by atoms with van der Waals surface area (Å²) in [6.45, 7) is 4.20. The van der Waals surface area contributed by atoms with Crippen molar-refractivity contribution in [3.8, 4) is 0 Å². The summed E-state index contributed by atoms with van der Waals surface area (Å²) in [6, 6.07) is 5.53. The van der Waals surface area contributed by atoms with Crippen LogP contribution in [0.5, 0.6) is 0 Å². The Kier molecular flexibility index (Phi) is 3.09. The zero-order valence-corrected chi connectivity index (χ0v) is 13.7. The number of fused-ring (bicyclic) bond motifs is 2. The summed E-state index contributed by atoms with van der Waals surface area (Å²) in [5, 5.41) is 0. The van der Waals surface area contributed by atoms with E-state index >= 15 is 0 Å². The average Bonchev–Trinajstić information content (AvgIpc) is 3.17. The van der Waals surface area contributed by atoms with E-state index < -0.39 is 0 Å². The van der Waals surface area contributed by atoms with Gasteiger partial charge in [0.25, 0.3) is 5.91 Å². The highest BCUT2D eigenvalue weighted by molar-refractivity contribution is 7.17. The number of benzene rings is 1. The maximum Gasteiger partial charge on any atom is 0.278 e. The first-order valence-electron chi connectivity index (χ1n) is 7.44. The lowest BCUT2D eigenvalue weighted by Gasteiger charge is -2.16. The molecule has 0 spiro atoms. The van der Waals surface area contributed by atoms with Crippen LogP contribution in [0.15, 0.2) is 30.6 Å². The molecule has 1 aliphatic heterocycles. The van der Waals surface area contributed by atoms with Crippen molar-refractivity contribution in [1.82, 2.24) is 9.38 Å². The summed E-state index contributed by atoms with van der Waals surface area (Å²) >= 11 is 1.57. The van der Waals surface area contributed by atoms with Gasteiger partial charge >= 0.3 is 0 Å². The fraction of sp³-hybridized carbons (Fsp3) is 0.235. The molecule has 0 N–H and O–H groups in total. The van der Waals surface area contributed by atoms with Crippen LogP contribution >= 0.6 is 11.3 Å². The molecule has 1 aliphatic rings. The number of rotatable bonds is 2. The number of anilines is 1.